The first-order chi connectivity index (χ1) is 12.1. The zero-order chi connectivity index (χ0) is 17.8. The Hall–Kier alpha value is -2.50. The number of ether oxygens (including phenoxy) is 2. The summed E-state index contributed by atoms with van der Waals surface area (Å²) in [7, 11) is 1.62. The molecule has 2 amide bonds. The molecule has 6 heteroatoms. The van der Waals surface area contributed by atoms with Crippen molar-refractivity contribution in [1.82, 2.24) is 9.80 Å². The first kappa shape index (κ1) is 17.3. The molecule has 1 aromatic carbocycles. The normalized spacial score (nSPS) is 20.8. The van der Waals surface area contributed by atoms with Crippen molar-refractivity contribution in [3.05, 3.63) is 36.9 Å². The Bertz CT molecular complexity index is 655. The van der Waals surface area contributed by atoms with E-state index < -0.39 is 0 Å². The second-order valence-electron chi connectivity index (χ2n) is 6.49. The van der Waals surface area contributed by atoms with Gasteiger partial charge in [-0.3, -0.25) is 9.59 Å². The lowest BCUT2D eigenvalue weighted by Gasteiger charge is -2.42. The van der Waals surface area contributed by atoms with E-state index >= 15 is 0 Å². The fourth-order valence-electron chi connectivity index (χ4n) is 3.27. The smallest absolute Gasteiger partial charge is 0.227 e. The number of methoxy groups -OCH3 is 1. The zero-order valence-electron chi connectivity index (χ0n) is 14.5. The van der Waals surface area contributed by atoms with Crippen LogP contribution in [0.1, 0.15) is 12.8 Å². The summed E-state index contributed by atoms with van der Waals surface area (Å²) in [6, 6.07) is 7.46. The summed E-state index contributed by atoms with van der Waals surface area (Å²) in [5.74, 6) is 1.60. The molecule has 25 heavy (non-hydrogen) atoms. The van der Waals surface area contributed by atoms with Gasteiger partial charge in [-0.1, -0.05) is 12.1 Å². The number of likely N-dealkylation sites (tertiary alicyclic amines) is 2. The van der Waals surface area contributed by atoms with E-state index in [1.54, 1.807) is 18.1 Å². The van der Waals surface area contributed by atoms with Gasteiger partial charge in [0.25, 0.3) is 0 Å². The van der Waals surface area contributed by atoms with Gasteiger partial charge < -0.3 is 19.3 Å². The minimum absolute atomic E-state index is 0.00515. The van der Waals surface area contributed by atoms with Gasteiger partial charge in [-0.05, 0) is 18.6 Å². The maximum atomic E-state index is 12.6. The van der Waals surface area contributed by atoms with Crippen LogP contribution in [0.15, 0.2) is 36.9 Å². The Morgan fingerprint density at radius 2 is 2.08 bits per heavy atom. The Balaban J connectivity index is 1.49. The molecule has 2 heterocycles. The molecule has 2 fully saturated rings. The number of hydrogen-bond donors (Lipinski definition) is 0. The van der Waals surface area contributed by atoms with Crippen LogP contribution in [0.5, 0.6) is 11.5 Å². The maximum absolute atomic E-state index is 12.6. The predicted molar refractivity (Wildman–Crippen MR) is 93.5 cm³/mol. The molecule has 3 rings (SSSR count). The molecular weight excluding hydrogens is 320 g/mol. The fourth-order valence-corrected chi connectivity index (χ4v) is 3.27. The van der Waals surface area contributed by atoms with Crippen LogP contribution in [0.3, 0.4) is 0 Å². The monoisotopic (exact) mass is 344 g/mol. The molecule has 0 bridgehead atoms. The lowest BCUT2D eigenvalue weighted by atomic mass is 9.94. The van der Waals surface area contributed by atoms with Gasteiger partial charge in [0.2, 0.25) is 11.8 Å². The van der Waals surface area contributed by atoms with Gasteiger partial charge in [0.05, 0.1) is 26.1 Å². The fraction of sp³-hybridized carbons (Fsp3) is 0.474. The standard InChI is InChI=1S/C19H24N2O4/c1-3-9-20-11-14(7-8-18(20)22)19(23)21-12-17(13-21)25-16-6-4-5-15(10-16)24-2/h3-6,10,14,17H,1,7-9,11-13H2,2H3. The molecule has 2 saturated heterocycles. The van der Waals surface area contributed by atoms with Crippen LogP contribution >= 0.6 is 0 Å². The van der Waals surface area contributed by atoms with Crippen LogP contribution < -0.4 is 9.47 Å². The first-order valence-electron chi connectivity index (χ1n) is 8.59. The van der Waals surface area contributed by atoms with E-state index in [-0.39, 0.29) is 23.8 Å². The van der Waals surface area contributed by atoms with E-state index in [9.17, 15) is 9.59 Å². The quantitative estimate of drug-likeness (QED) is 0.737. The number of carbonyl (C=O) groups excluding carboxylic acids is 2. The Morgan fingerprint density at radius 1 is 1.32 bits per heavy atom. The number of carbonyl (C=O) groups is 2. The zero-order valence-corrected chi connectivity index (χ0v) is 14.5. The summed E-state index contributed by atoms with van der Waals surface area (Å²) in [6.07, 6.45) is 2.77. The highest BCUT2D eigenvalue weighted by molar-refractivity contribution is 5.84. The van der Waals surface area contributed by atoms with Crippen LogP contribution in [0.4, 0.5) is 0 Å². The van der Waals surface area contributed by atoms with E-state index in [0.29, 0.717) is 39.0 Å². The molecule has 0 N–H and O–H groups in total. The highest BCUT2D eigenvalue weighted by Gasteiger charge is 2.38. The summed E-state index contributed by atoms with van der Waals surface area (Å²) in [4.78, 5) is 28.0. The number of benzene rings is 1. The van der Waals surface area contributed by atoms with Gasteiger partial charge in [0.15, 0.2) is 0 Å². The van der Waals surface area contributed by atoms with E-state index in [0.717, 1.165) is 11.5 Å². The van der Waals surface area contributed by atoms with E-state index in [4.69, 9.17) is 9.47 Å². The molecule has 2 aliphatic heterocycles. The lowest BCUT2D eigenvalue weighted by molar-refractivity contribution is -0.149. The number of amides is 2. The number of nitrogens with zero attached hydrogens (tertiary/aromatic N) is 2. The van der Waals surface area contributed by atoms with Crippen LogP contribution in [0.25, 0.3) is 0 Å². The summed E-state index contributed by atoms with van der Waals surface area (Å²) < 4.78 is 11.1. The molecule has 6 nitrogen and oxygen atoms in total. The second-order valence-corrected chi connectivity index (χ2v) is 6.49. The summed E-state index contributed by atoms with van der Waals surface area (Å²) >= 11 is 0. The van der Waals surface area contributed by atoms with Crippen LogP contribution in [-0.2, 0) is 9.59 Å². The van der Waals surface area contributed by atoms with Gasteiger partial charge in [-0.2, -0.15) is 0 Å². The van der Waals surface area contributed by atoms with Gasteiger partial charge in [-0.25, -0.2) is 0 Å². The van der Waals surface area contributed by atoms with Crippen molar-refractivity contribution in [2.75, 3.05) is 33.3 Å². The van der Waals surface area contributed by atoms with Crippen molar-refractivity contribution < 1.29 is 19.1 Å². The van der Waals surface area contributed by atoms with Gasteiger partial charge in [0, 0.05) is 25.6 Å². The average molecular weight is 344 g/mol. The molecule has 1 aromatic rings. The van der Waals surface area contributed by atoms with Gasteiger partial charge >= 0.3 is 0 Å². The minimum Gasteiger partial charge on any atom is -0.497 e. The van der Waals surface area contributed by atoms with Crippen LogP contribution in [0, 0.1) is 5.92 Å². The van der Waals surface area contributed by atoms with Gasteiger partial charge in [0.1, 0.15) is 17.6 Å². The summed E-state index contributed by atoms with van der Waals surface area (Å²) in [5.41, 5.74) is 0. The first-order valence-corrected chi connectivity index (χ1v) is 8.59. The predicted octanol–water partition coefficient (Wildman–Crippen LogP) is 1.71. The molecule has 0 spiro atoms. The largest absolute Gasteiger partial charge is 0.497 e. The lowest BCUT2D eigenvalue weighted by Crippen LogP contribution is -2.59. The highest BCUT2D eigenvalue weighted by Crippen LogP contribution is 2.26. The third-order valence-electron chi connectivity index (χ3n) is 4.70. The van der Waals surface area contributed by atoms with Crippen molar-refractivity contribution in [3.8, 4) is 11.5 Å². The Kier molecular flexibility index (Phi) is 5.26. The summed E-state index contributed by atoms with van der Waals surface area (Å²) in [6.45, 7) is 5.83. The molecule has 1 atom stereocenters. The van der Waals surface area contributed by atoms with Crippen LogP contribution in [-0.4, -0.2) is 61.0 Å². The summed E-state index contributed by atoms with van der Waals surface area (Å²) in [5, 5.41) is 0. The number of rotatable bonds is 6. The molecule has 0 saturated carbocycles. The second kappa shape index (κ2) is 7.59. The van der Waals surface area contributed by atoms with E-state index in [2.05, 4.69) is 6.58 Å². The topological polar surface area (TPSA) is 59.1 Å². The minimum atomic E-state index is -0.115. The van der Waals surface area contributed by atoms with Crippen LogP contribution in [0.2, 0.25) is 0 Å². The SMILES string of the molecule is C=CCN1CC(C(=O)N2CC(Oc3cccc(OC)c3)C2)CCC1=O. The van der Waals surface area contributed by atoms with Gasteiger partial charge in [-0.15, -0.1) is 6.58 Å². The Labute approximate surface area is 148 Å². The van der Waals surface area contributed by atoms with E-state index in [1.807, 2.05) is 29.2 Å². The van der Waals surface area contributed by atoms with Crippen molar-refractivity contribution in [2.45, 2.75) is 18.9 Å². The van der Waals surface area contributed by atoms with Crippen molar-refractivity contribution in [3.63, 3.8) is 0 Å². The average Bonchev–Trinajstić information content (AvgIpc) is 2.59. The molecular formula is C19H24N2O4. The maximum Gasteiger partial charge on any atom is 0.227 e. The van der Waals surface area contributed by atoms with Crippen molar-refractivity contribution >= 4 is 11.8 Å². The number of piperidine rings is 1. The molecule has 1 unspecified atom stereocenters. The van der Waals surface area contributed by atoms with E-state index in [1.165, 1.54) is 0 Å². The van der Waals surface area contributed by atoms with Crippen molar-refractivity contribution in [1.29, 1.82) is 0 Å². The Morgan fingerprint density at radius 3 is 2.80 bits per heavy atom. The molecule has 2 aliphatic rings. The molecule has 0 aromatic heterocycles. The molecule has 0 aliphatic carbocycles. The third kappa shape index (κ3) is 3.95. The molecule has 0 radical (unpaired) electrons. The molecule has 134 valence electrons. The number of hydrogen-bond acceptors (Lipinski definition) is 4. The highest BCUT2D eigenvalue weighted by atomic mass is 16.5. The third-order valence-corrected chi connectivity index (χ3v) is 4.70. The van der Waals surface area contributed by atoms with Crippen molar-refractivity contribution in [2.24, 2.45) is 5.92 Å².